The first kappa shape index (κ1) is 11.1. The molecular weight excluding hydrogens is 256 g/mol. The Balaban J connectivity index is 2.10. The summed E-state index contributed by atoms with van der Waals surface area (Å²) >= 11 is 7.86. The molecule has 0 bridgehead atoms. The summed E-state index contributed by atoms with van der Waals surface area (Å²) in [7, 11) is 0. The van der Waals surface area contributed by atoms with E-state index in [0.717, 1.165) is 35.8 Å². The number of hydrogen-bond acceptors (Lipinski definition) is 4. The van der Waals surface area contributed by atoms with Crippen LogP contribution in [-0.2, 0) is 17.6 Å². The van der Waals surface area contributed by atoms with Gasteiger partial charge in [-0.05, 0) is 30.7 Å². The maximum Gasteiger partial charge on any atom is 0.141 e. The summed E-state index contributed by atoms with van der Waals surface area (Å²) in [6.07, 6.45) is 6.22. The van der Waals surface area contributed by atoms with E-state index in [4.69, 9.17) is 11.6 Å². The van der Waals surface area contributed by atoms with Crippen LogP contribution in [0.25, 0.3) is 10.2 Å². The lowest BCUT2D eigenvalue weighted by Crippen LogP contribution is -2.13. The van der Waals surface area contributed by atoms with Gasteiger partial charge in [0.2, 0.25) is 0 Å². The molecule has 1 unspecified atom stereocenters. The molecule has 3 nitrogen and oxygen atoms in total. The number of carbonyl (C=O) groups excluding carboxylic acids is 1. The van der Waals surface area contributed by atoms with Gasteiger partial charge in [-0.15, -0.1) is 11.3 Å². The van der Waals surface area contributed by atoms with E-state index < -0.39 is 0 Å². The molecule has 0 N–H and O–H groups in total. The molecule has 2 heterocycles. The number of hydrogen-bond donors (Lipinski definition) is 0. The summed E-state index contributed by atoms with van der Waals surface area (Å²) in [4.78, 5) is 21.3. The minimum Gasteiger partial charge on any atom is -0.303 e. The third-order valence-electron chi connectivity index (χ3n) is 3.33. The number of thiophene rings is 1. The van der Waals surface area contributed by atoms with Gasteiger partial charge >= 0.3 is 0 Å². The van der Waals surface area contributed by atoms with Crippen LogP contribution in [0.4, 0.5) is 0 Å². The summed E-state index contributed by atoms with van der Waals surface area (Å²) in [5.74, 6) is 0.453. The summed E-state index contributed by atoms with van der Waals surface area (Å²) in [5.41, 5.74) is 1.27. The normalized spacial score (nSPS) is 19.2. The van der Waals surface area contributed by atoms with Crippen molar-refractivity contribution in [2.75, 3.05) is 0 Å². The van der Waals surface area contributed by atoms with Gasteiger partial charge in [-0.25, -0.2) is 9.97 Å². The number of fused-ring (bicyclic) bond motifs is 3. The summed E-state index contributed by atoms with van der Waals surface area (Å²) in [5, 5.41) is 1.55. The third kappa shape index (κ3) is 1.85. The number of halogens is 1. The standard InChI is InChI=1S/C12H11ClN2OS/c13-11-10-8-5-7(3-4-16)1-2-9(8)17-12(10)15-6-14-11/h4,6-7H,1-3,5H2. The lowest BCUT2D eigenvalue weighted by atomic mass is 9.86. The Labute approximate surface area is 108 Å². The molecular formula is C12H11ClN2OS. The van der Waals surface area contributed by atoms with E-state index in [-0.39, 0.29) is 0 Å². The average Bonchev–Trinajstić information content (AvgIpc) is 2.68. The fourth-order valence-corrected chi connectivity index (χ4v) is 3.97. The molecule has 0 saturated heterocycles. The zero-order valence-corrected chi connectivity index (χ0v) is 10.7. The predicted molar refractivity (Wildman–Crippen MR) is 68.6 cm³/mol. The first-order chi connectivity index (χ1) is 8.29. The molecule has 1 aliphatic carbocycles. The Kier molecular flexibility index (Phi) is 2.84. The number of nitrogens with zero attached hydrogens (tertiary/aromatic N) is 2. The highest BCUT2D eigenvalue weighted by Gasteiger charge is 2.24. The Morgan fingerprint density at radius 3 is 3.24 bits per heavy atom. The molecule has 0 amide bonds. The third-order valence-corrected chi connectivity index (χ3v) is 4.81. The number of rotatable bonds is 2. The molecule has 0 saturated carbocycles. The molecule has 0 fully saturated rings. The Morgan fingerprint density at radius 1 is 1.53 bits per heavy atom. The molecule has 2 aromatic rings. The molecule has 1 atom stereocenters. The second-order valence-corrected chi connectivity index (χ2v) is 5.80. The van der Waals surface area contributed by atoms with Crippen LogP contribution in [0.2, 0.25) is 5.15 Å². The van der Waals surface area contributed by atoms with Crippen molar-refractivity contribution in [3.8, 4) is 0 Å². The maximum atomic E-state index is 10.6. The van der Waals surface area contributed by atoms with Crippen molar-refractivity contribution >= 4 is 39.4 Å². The maximum absolute atomic E-state index is 10.6. The molecule has 3 rings (SSSR count). The highest BCUT2D eigenvalue weighted by molar-refractivity contribution is 7.19. The molecule has 0 aliphatic heterocycles. The monoisotopic (exact) mass is 266 g/mol. The van der Waals surface area contributed by atoms with E-state index in [9.17, 15) is 4.79 Å². The van der Waals surface area contributed by atoms with Crippen molar-refractivity contribution in [2.24, 2.45) is 5.92 Å². The second-order valence-electron chi connectivity index (χ2n) is 4.36. The predicted octanol–water partition coefficient (Wildman–Crippen LogP) is 3.04. The van der Waals surface area contributed by atoms with Crippen LogP contribution in [0.3, 0.4) is 0 Å². The zero-order chi connectivity index (χ0) is 11.8. The van der Waals surface area contributed by atoms with Crippen LogP contribution in [0, 0.1) is 5.92 Å². The van der Waals surface area contributed by atoms with Crippen LogP contribution in [-0.4, -0.2) is 16.3 Å². The van der Waals surface area contributed by atoms with Crippen molar-refractivity contribution in [2.45, 2.75) is 25.7 Å². The molecule has 88 valence electrons. The molecule has 1 aliphatic rings. The summed E-state index contributed by atoms with van der Waals surface area (Å²) in [6.45, 7) is 0. The minimum atomic E-state index is 0.453. The second kappa shape index (κ2) is 4.35. The lowest BCUT2D eigenvalue weighted by Gasteiger charge is -2.20. The van der Waals surface area contributed by atoms with Gasteiger partial charge in [-0.3, -0.25) is 0 Å². The highest BCUT2D eigenvalue weighted by atomic mass is 35.5. The molecule has 17 heavy (non-hydrogen) atoms. The largest absolute Gasteiger partial charge is 0.303 e. The van der Waals surface area contributed by atoms with Crippen LogP contribution in [0.1, 0.15) is 23.3 Å². The van der Waals surface area contributed by atoms with Crippen molar-refractivity contribution in [3.05, 3.63) is 21.9 Å². The van der Waals surface area contributed by atoms with E-state index in [0.29, 0.717) is 17.5 Å². The van der Waals surface area contributed by atoms with E-state index in [1.807, 2.05) is 0 Å². The SMILES string of the molecule is O=CCC1CCc2sc3ncnc(Cl)c3c2C1. The van der Waals surface area contributed by atoms with Crippen molar-refractivity contribution in [1.82, 2.24) is 9.97 Å². The molecule has 0 aromatic carbocycles. The molecule has 0 radical (unpaired) electrons. The Hall–Kier alpha value is -1.00. The number of carbonyl (C=O) groups is 1. The molecule has 2 aromatic heterocycles. The lowest BCUT2D eigenvalue weighted by molar-refractivity contribution is -0.108. The van der Waals surface area contributed by atoms with E-state index in [1.165, 1.54) is 16.8 Å². The van der Waals surface area contributed by atoms with Gasteiger partial charge in [0, 0.05) is 11.3 Å². The van der Waals surface area contributed by atoms with Gasteiger partial charge in [0.1, 0.15) is 22.6 Å². The van der Waals surface area contributed by atoms with Gasteiger partial charge in [-0.1, -0.05) is 11.6 Å². The zero-order valence-electron chi connectivity index (χ0n) is 9.15. The van der Waals surface area contributed by atoms with Crippen LogP contribution in [0.15, 0.2) is 6.33 Å². The first-order valence-corrected chi connectivity index (χ1v) is 6.83. The smallest absolute Gasteiger partial charge is 0.141 e. The quantitative estimate of drug-likeness (QED) is 0.620. The van der Waals surface area contributed by atoms with Crippen LogP contribution >= 0.6 is 22.9 Å². The molecule has 5 heteroatoms. The summed E-state index contributed by atoms with van der Waals surface area (Å²) in [6, 6.07) is 0. The van der Waals surface area contributed by atoms with Gasteiger partial charge in [0.25, 0.3) is 0 Å². The van der Waals surface area contributed by atoms with E-state index in [2.05, 4.69) is 9.97 Å². The fourth-order valence-electron chi connectivity index (χ4n) is 2.48. The van der Waals surface area contributed by atoms with Gasteiger partial charge < -0.3 is 4.79 Å². The van der Waals surface area contributed by atoms with Crippen LogP contribution < -0.4 is 0 Å². The summed E-state index contributed by atoms with van der Waals surface area (Å²) < 4.78 is 0. The van der Waals surface area contributed by atoms with Crippen molar-refractivity contribution in [3.63, 3.8) is 0 Å². The van der Waals surface area contributed by atoms with Crippen LogP contribution in [0.5, 0.6) is 0 Å². The number of aldehydes is 1. The van der Waals surface area contributed by atoms with E-state index >= 15 is 0 Å². The van der Waals surface area contributed by atoms with Crippen molar-refractivity contribution < 1.29 is 4.79 Å². The average molecular weight is 267 g/mol. The molecule has 0 spiro atoms. The highest BCUT2D eigenvalue weighted by Crippen LogP contribution is 2.39. The Bertz CT molecular complexity index is 581. The Morgan fingerprint density at radius 2 is 2.41 bits per heavy atom. The number of aryl methyl sites for hydroxylation is 1. The van der Waals surface area contributed by atoms with Gasteiger partial charge in [0.05, 0.1) is 5.39 Å². The number of aromatic nitrogens is 2. The van der Waals surface area contributed by atoms with Crippen molar-refractivity contribution in [1.29, 1.82) is 0 Å². The minimum absolute atomic E-state index is 0.453. The first-order valence-electron chi connectivity index (χ1n) is 5.64. The topological polar surface area (TPSA) is 42.9 Å². The van der Waals surface area contributed by atoms with E-state index in [1.54, 1.807) is 11.3 Å². The van der Waals surface area contributed by atoms with Gasteiger partial charge in [0.15, 0.2) is 0 Å². The van der Waals surface area contributed by atoms with Gasteiger partial charge in [-0.2, -0.15) is 0 Å². The fraction of sp³-hybridized carbons (Fsp3) is 0.417.